The number of fused-ring (bicyclic) bond motifs is 1. The lowest BCUT2D eigenvalue weighted by molar-refractivity contribution is -0.121. The van der Waals surface area contributed by atoms with Crippen molar-refractivity contribution in [3.05, 3.63) is 57.9 Å². The van der Waals surface area contributed by atoms with Gasteiger partial charge in [0.05, 0.1) is 10.5 Å². The molecule has 1 N–H and O–H groups in total. The molecular formula is C19H20N4O3S2. The van der Waals surface area contributed by atoms with Crippen LogP contribution >= 0.6 is 24.0 Å². The van der Waals surface area contributed by atoms with E-state index in [1.54, 1.807) is 37.6 Å². The van der Waals surface area contributed by atoms with Gasteiger partial charge in [-0.05, 0) is 24.6 Å². The number of nitrogens with zero attached hydrogens (tertiary/aromatic N) is 3. The second kappa shape index (κ2) is 9.13. The quantitative estimate of drug-likeness (QED) is 0.307. The average Bonchev–Trinajstić information content (AvgIpc) is 2.96. The molecule has 28 heavy (non-hydrogen) atoms. The zero-order valence-corrected chi connectivity index (χ0v) is 17.0. The van der Waals surface area contributed by atoms with Gasteiger partial charge in [0.15, 0.2) is 0 Å². The van der Waals surface area contributed by atoms with Crippen molar-refractivity contribution in [2.75, 3.05) is 32.1 Å². The lowest BCUT2D eigenvalue weighted by atomic mass is 10.2. The largest absolute Gasteiger partial charge is 0.385 e. The molecule has 0 spiro atoms. The zero-order chi connectivity index (χ0) is 20.1. The molecule has 1 saturated heterocycles. The molecule has 2 aromatic heterocycles. The third-order valence-corrected chi connectivity index (χ3v) is 5.43. The van der Waals surface area contributed by atoms with Gasteiger partial charge in [-0.15, -0.1) is 6.58 Å². The molecule has 0 aromatic carbocycles. The summed E-state index contributed by atoms with van der Waals surface area (Å²) in [4.78, 5) is 32.1. The predicted molar refractivity (Wildman–Crippen MR) is 117 cm³/mol. The number of carbonyl (C=O) groups is 1. The summed E-state index contributed by atoms with van der Waals surface area (Å²) in [6.45, 7) is 5.16. The minimum Gasteiger partial charge on any atom is -0.385 e. The van der Waals surface area contributed by atoms with Crippen molar-refractivity contribution in [3.63, 3.8) is 0 Å². The minimum absolute atomic E-state index is 0.238. The number of thioether (sulfide) groups is 1. The van der Waals surface area contributed by atoms with Crippen molar-refractivity contribution in [3.8, 4) is 0 Å². The average molecular weight is 417 g/mol. The number of carbonyl (C=O) groups excluding carboxylic acids is 1. The molecule has 0 aliphatic carbocycles. The molecule has 146 valence electrons. The number of thiocarbonyl (C=S) groups is 1. The van der Waals surface area contributed by atoms with Crippen LogP contribution in [0.5, 0.6) is 0 Å². The normalized spacial score (nSPS) is 15.6. The van der Waals surface area contributed by atoms with Gasteiger partial charge in [-0.3, -0.25) is 18.9 Å². The van der Waals surface area contributed by atoms with Crippen molar-refractivity contribution in [2.24, 2.45) is 0 Å². The standard InChI is InChI=1S/C19H20N4O3S2/c1-3-9-23-18(25)14(28-19(23)27)12-13-16(20-8-6-11-26-2)21-15-7-4-5-10-22(15)17(13)24/h3-5,7,10,12,20H,1,6,8-9,11H2,2H3. The van der Waals surface area contributed by atoms with Gasteiger partial charge < -0.3 is 10.1 Å². The SMILES string of the molecule is C=CCN1C(=O)C(=Cc2c(NCCCOC)nc3ccccn3c2=O)SC1=S. The Morgan fingerprint density at radius 3 is 2.96 bits per heavy atom. The van der Waals surface area contributed by atoms with Gasteiger partial charge in [0.2, 0.25) is 0 Å². The maximum atomic E-state index is 13.1. The number of aromatic nitrogens is 2. The van der Waals surface area contributed by atoms with E-state index in [-0.39, 0.29) is 11.5 Å². The van der Waals surface area contributed by atoms with Crippen LogP contribution in [0.25, 0.3) is 11.7 Å². The molecule has 1 aliphatic rings. The van der Waals surface area contributed by atoms with Gasteiger partial charge >= 0.3 is 0 Å². The van der Waals surface area contributed by atoms with Crippen LogP contribution in [0.15, 0.2) is 46.8 Å². The highest BCUT2D eigenvalue weighted by molar-refractivity contribution is 8.26. The summed E-state index contributed by atoms with van der Waals surface area (Å²) in [6, 6.07) is 5.33. The number of nitrogens with one attached hydrogen (secondary N) is 1. The minimum atomic E-state index is -0.256. The van der Waals surface area contributed by atoms with Crippen LogP contribution < -0.4 is 10.9 Å². The Balaban J connectivity index is 2.04. The van der Waals surface area contributed by atoms with E-state index in [1.165, 1.54) is 21.1 Å². The molecule has 3 heterocycles. The number of anilines is 1. The molecule has 9 heteroatoms. The fourth-order valence-corrected chi connectivity index (χ4v) is 3.97. The molecule has 1 aliphatic heterocycles. The number of amides is 1. The summed E-state index contributed by atoms with van der Waals surface area (Å²) >= 11 is 6.44. The van der Waals surface area contributed by atoms with Crippen molar-refractivity contribution >= 4 is 51.7 Å². The molecule has 0 bridgehead atoms. The van der Waals surface area contributed by atoms with E-state index < -0.39 is 0 Å². The number of ether oxygens (including phenoxy) is 1. The monoisotopic (exact) mass is 416 g/mol. The van der Waals surface area contributed by atoms with Crippen LogP contribution in [0, 0.1) is 0 Å². The first-order chi connectivity index (χ1) is 13.6. The smallest absolute Gasteiger partial charge is 0.267 e. The Kier molecular flexibility index (Phi) is 6.61. The maximum absolute atomic E-state index is 13.1. The molecule has 2 aromatic rings. The zero-order valence-electron chi connectivity index (χ0n) is 15.4. The number of pyridine rings is 1. The van der Waals surface area contributed by atoms with Crippen molar-refractivity contribution in [2.45, 2.75) is 6.42 Å². The van der Waals surface area contributed by atoms with Crippen molar-refractivity contribution in [1.29, 1.82) is 0 Å². The number of rotatable bonds is 8. The molecule has 1 amide bonds. The third-order valence-electron chi connectivity index (χ3n) is 4.05. The van der Waals surface area contributed by atoms with Gasteiger partial charge in [-0.2, -0.15) is 0 Å². The summed E-state index contributed by atoms with van der Waals surface area (Å²) in [6.07, 6.45) is 5.59. The third kappa shape index (κ3) is 4.16. The molecule has 0 unspecified atom stereocenters. The van der Waals surface area contributed by atoms with Gasteiger partial charge in [0.25, 0.3) is 11.5 Å². The Hall–Kier alpha value is -2.49. The number of hydrogen-bond acceptors (Lipinski definition) is 7. The van der Waals surface area contributed by atoms with Crippen molar-refractivity contribution < 1.29 is 9.53 Å². The van der Waals surface area contributed by atoms with Crippen LogP contribution in [0.4, 0.5) is 5.82 Å². The molecule has 3 rings (SSSR count). The van der Waals surface area contributed by atoms with Crippen LogP contribution in [0.2, 0.25) is 0 Å². The summed E-state index contributed by atoms with van der Waals surface area (Å²) in [5.74, 6) is 0.194. The van der Waals surface area contributed by atoms with E-state index in [9.17, 15) is 9.59 Å². The molecule has 0 radical (unpaired) electrons. The fourth-order valence-electron chi connectivity index (χ4n) is 2.71. The molecule has 1 fully saturated rings. The second-order valence-corrected chi connectivity index (χ2v) is 7.64. The lowest BCUT2D eigenvalue weighted by Crippen LogP contribution is -2.28. The first-order valence-corrected chi connectivity index (χ1v) is 9.89. The van der Waals surface area contributed by atoms with Crippen LogP contribution in [0.3, 0.4) is 0 Å². The van der Waals surface area contributed by atoms with E-state index in [4.69, 9.17) is 17.0 Å². The van der Waals surface area contributed by atoms with E-state index in [0.717, 1.165) is 6.42 Å². The Labute approximate surface area is 172 Å². The highest BCUT2D eigenvalue weighted by atomic mass is 32.2. The fraction of sp³-hybridized carbons (Fsp3) is 0.263. The molecule has 0 saturated carbocycles. The van der Waals surface area contributed by atoms with Crippen LogP contribution in [0.1, 0.15) is 12.0 Å². The number of hydrogen-bond donors (Lipinski definition) is 1. The topological polar surface area (TPSA) is 75.9 Å². The van der Waals surface area contributed by atoms with Gasteiger partial charge in [0, 0.05) is 33.0 Å². The highest BCUT2D eigenvalue weighted by Crippen LogP contribution is 2.32. The Bertz CT molecular complexity index is 1020. The first-order valence-electron chi connectivity index (χ1n) is 8.67. The molecule has 7 nitrogen and oxygen atoms in total. The van der Waals surface area contributed by atoms with Gasteiger partial charge in [-0.1, -0.05) is 36.1 Å². The van der Waals surface area contributed by atoms with E-state index >= 15 is 0 Å². The predicted octanol–water partition coefficient (Wildman–Crippen LogP) is 2.53. The summed E-state index contributed by atoms with van der Waals surface area (Å²) in [5, 5.41) is 3.19. The summed E-state index contributed by atoms with van der Waals surface area (Å²) in [7, 11) is 1.64. The molecule has 0 atom stereocenters. The van der Waals surface area contributed by atoms with Crippen molar-refractivity contribution in [1.82, 2.24) is 14.3 Å². The molecular weight excluding hydrogens is 396 g/mol. The lowest BCUT2D eigenvalue weighted by Gasteiger charge is -2.11. The van der Waals surface area contributed by atoms with Gasteiger partial charge in [0.1, 0.15) is 15.8 Å². The number of methoxy groups -OCH3 is 1. The highest BCUT2D eigenvalue weighted by Gasteiger charge is 2.31. The second-order valence-electron chi connectivity index (χ2n) is 5.96. The van der Waals surface area contributed by atoms with E-state index in [1.807, 2.05) is 6.07 Å². The maximum Gasteiger partial charge on any atom is 0.267 e. The Morgan fingerprint density at radius 1 is 1.39 bits per heavy atom. The first kappa shape index (κ1) is 20.2. The van der Waals surface area contributed by atoms with E-state index in [0.29, 0.717) is 46.0 Å². The Morgan fingerprint density at radius 2 is 2.21 bits per heavy atom. The van der Waals surface area contributed by atoms with Gasteiger partial charge in [-0.25, -0.2) is 4.98 Å². The van der Waals surface area contributed by atoms with E-state index in [2.05, 4.69) is 16.9 Å². The van der Waals surface area contributed by atoms with Crippen LogP contribution in [-0.2, 0) is 9.53 Å². The van der Waals surface area contributed by atoms with Crippen LogP contribution in [-0.4, -0.2) is 51.3 Å². The summed E-state index contributed by atoms with van der Waals surface area (Å²) < 4.78 is 6.96. The summed E-state index contributed by atoms with van der Waals surface area (Å²) in [5.41, 5.74) is 0.590.